The second-order valence-corrected chi connectivity index (χ2v) is 7.14. The van der Waals surface area contributed by atoms with Crippen LogP contribution in [0.1, 0.15) is 49.9 Å². The minimum atomic E-state index is -4.63. The molecule has 0 saturated heterocycles. The van der Waals surface area contributed by atoms with Crippen molar-refractivity contribution in [3.8, 4) is 5.75 Å². The van der Waals surface area contributed by atoms with Crippen LogP contribution in [0.4, 0.5) is 18.9 Å². The van der Waals surface area contributed by atoms with Crippen molar-refractivity contribution in [2.75, 3.05) is 5.32 Å². The van der Waals surface area contributed by atoms with Crippen LogP contribution < -0.4 is 10.1 Å². The van der Waals surface area contributed by atoms with Crippen LogP contribution in [0.3, 0.4) is 0 Å². The number of nitrogens with zero attached hydrogens (tertiary/aromatic N) is 3. The van der Waals surface area contributed by atoms with Crippen molar-refractivity contribution in [2.24, 2.45) is 0 Å². The Labute approximate surface area is 165 Å². The molecule has 154 valence electrons. The first-order chi connectivity index (χ1) is 13.5. The summed E-state index contributed by atoms with van der Waals surface area (Å²) in [4.78, 5) is 16.0. The summed E-state index contributed by atoms with van der Waals surface area (Å²) in [5.74, 6) is -0.387. The van der Waals surface area contributed by atoms with Gasteiger partial charge in [0.2, 0.25) is 0 Å². The molecule has 0 bridgehead atoms. The average molecular weight is 406 g/mol. The van der Waals surface area contributed by atoms with E-state index in [9.17, 15) is 18.0 Å². The van der Waals surface area contributed by atoms with Crippen molar-refractivity contribution in [3.05, 3.63) is 47.9 Å². The van der Waals surface area contributed by atoms with E-state index in [0.29, 0.717) is 17.0 Å². The highest BCUT2D eigenvalue weighted by Gasteiger charge is 2.33. The zero-order valence-corrected chi connectivity index (χ0v) is 16.4. The number of hydrogen-bond donors (Lipinski definition) is 1. The molecule has 3 aromatic rings. The summed E-state index contributed by atoms with van der Waals surface area (Å²) in [5.41, 5.74) is -0.450. The van der Waals surface area contributed by atoms with Crippen LogP contribution >= 0.6 is 0 Å². The minimum absolute atomic E-state index is 0.143. The summed E-state index contributed by atoms with van der Waals surface area (Å²) in [5, 5.41) is 7.86. The summed E-state index contributed by atoms with van der Waals surface area (Å²) < 4.78 is 46.2. The van der Waals surface area contributed by atoms with Gasteiger partial charge in [0.1, 0.15) is 17.1 Å². The van der Waals surface area contributed by atoms with E-state index in [1.54, 1.807) is 16.8 Å². The lowest BCUT2D eigenvalue weighted by Gasteiger charge is -2.15. The molecule has 0 radical (unpaired) electrons. The number of halogens is 3. The predicted octanol–water partition coefficient (Wildman–Crippen LogP) is 5.07. The highest BCUT2D eigenvalue weighted by atomic mass is 19.4. The molecule has 1 N–H and O–H groups in total. The fraction of sp³-hybridized carbons (Fsp3) is 0.350. The van der Waals surface area contributed by atoms with E-state index >= 15 is 0 Å². The second-order valence-electron chi connectivity index (χ2n) is 7.14. The first-order valence-electron chi connectivity index (χ1n) is 9.09. The third kappa shape index (κ3) is 4.67. The standard InChI is InChI=1S/C20H21F3N4O2/c1-11(2)27-10-13-8-16(17(29-12(3)4)9-15(13)26-27)25-19(28)14-6-5-7-18(24-14)20(21,22)23/h5-12H,1-4H3,(H,25,28). The number of anilines is 1. The Morgan fingerprint density at radius 3 is 2.52 bits per heavy atom. The number of ether oxygens (including phenoxy) is 1. The number of amides is 1. The van der Waals surface area contributed by atoms with Crippen molar-refractivity contribution in [3.63, 3.8) is 0 Å². The molecule has 9 heteroatoms. The molecule has 3 rings (SSSR count). The van der Waals surface area contributed by atoms with E-state index in [1.165, 1.54) is 6.07 Å². The normalized spacial score (nSPS) is 12.0. The first kappa shape index (κ1) is 20.6. The maximum atomic E-state index is 12.9. The van der Waals surface area contributed by atoms with E-state index < -0.39 is 17.8 Å². The number of alkyl halides is 3. The van der Waals surface area contributed by atoms with E-state index in [-0.39, 0.29) is 17.8 Å². The summed E-state index contributed by atoms with van der Waals surface area (Å²) in [6.45, 7) is 7.63. The van der Waals surface area contributed by atoms with Gasteiger partial charge in [0, 0.05) is 23.7 Å². The van der Waals surface area contributed by atoms with E-state index in [0.717, 1.165) is 17.5 Å². The van der Waals surface area contributed by atoms with Crippen LogP contribution in [-0.2, 0) is 6.18 Å². The SMILES string of the molecule is CC(C)Oc1cc2nn(C(C)C)cc2cc1NC(=O)c1cccc(C(F)(F)F)n1. The lowest BCUT2D eigenvalue weighted by molar-refractivity contribution is -0.141. The first-order valence-corrected chi connectivity index (χ1v) is 9.09. The number of benzene rings is 1. The van der Waals surface area contributed by atoms with Gasteiger partial charge in [-0.3, -0.25) is 9.48 Å². The van der Waals surface area contributed by atoms with Crippen LogP contribution in [0.2, 0.25) is 0 Å². The van der Waals surface area contributed by atoms with Gasteiger partial charge in [-0.15, -0.1) is 0 Å². The van der Waals surface area contributed by atoms with Gasteiger partial charge in [-0.05, 0) is 45.9 Å². The fourth-order valence-electron chi connectivity index (χ4n) is 2.69. The van der Waals surface area contributed by atoms with Gasteiger partial charge in [0.05, 0.1) is 17.3 Å². The molecule has 2 aromatic heterocycles. The summed E-state index contributed by atoms with van der Waals surface area (Å²) in [6.07, 6.45) is -2.98. The quantitative estimate of drug-likeness (QED) is 0.642. The van der Waals surface area contributed by atoms with Crippen LogP contribution in [-0.4, -0.2) is 26.8 Å². The molecule has 0 unspecified atom stereocenters. The zero-order chi connectivity index (χ0) is 21.3. The van der Waals surface area contributed by atoms with Crippen LogP contribution in [0, 0.1) is 0 Å². The molecule has 29 heavy (non-hydrogen) atoms. The molecule has 1 amide bonds. The molecule has 0 atom stereocenters. The van der Waals surface area contributed by atoms with Gasteiger partial charge in [0.25, 0.3) is 5.91 Å². The molecule has 2 heterocycles. The summed E-state index contributed by atoms with van der Waals surface area (Å²) in [6, 6.07) is 6.71. The average Bonchev–Trinajstić information content (AvgIpc) is 3.04. The van der Waals surface area contributed by atoms with Gasteiger partial charge in [-0.2, -0.15) is 18.3 Å². The Hall–Kier alpha value is -3.10. The number of carbonyl (C=O) groups is 1. The zero-order valence-electron chi connectivity index (χ0n) is 16.4. The number of aromatic nitrogens is 3. The Kier molecular flexibility index (Phi) is 5.50. The number of rotatable bonds is 5. The van der Waals surface area contributed by atoms with Gasteiger partial charge in [-0.1, -0.05) is 6.07 Å². The molecule has 6 nitrogen and oxygen atoms in total. The van der Waals surface area contributed by atoms with Crippen molar-refractivity contribution in [1.29, 1.82) is 0 Å². The number of hydrogen-bond acceptors (Lipinski definition) is 4. The van der Waals surface area contributed by atoms with Crippen LogP contribution in [0.5, 0.6) is 5.75 Å². The van der Waals surface area contributed by atoms with Crippen LogP contribution in [0.25, 0.3) is 10.9 Å². The van der Waals surface area contributed by atoms with Crippen molar-refractivity contribution in [2.45, 2.75) is 46.0 Å². The second kappa shape index (κ2) is 7.73. The van der Waals surface area contributed by atoms with Gasteiger partial charge < -0.3 is 10.1 Å². The molecule has 0 saturated carbocycles. The Morgan fingerprint density at radius 1 is 1.17 bits per heavy atom. The maximum Gasteiger partial charge on any atom is 0.433 e. The lowest BCUT2D eigenvalue weighted by atomic mass is 10.2. The molecule has 0 aliphatic rings. The Balaban J connectivity index is 1.98. The van der Waals surface area contributed by atoms with Gasteiger partial charge >= 0.3 is 6.18 Å². The Bertz CT molecular complexity index is 1040. The number of carbonyl (C=O) groups excluding carboxylic acids is 1. The van der Waals surface area contributed by atoms with Gasteiger partial charge in [0.15, 0.2) is 0 Å². The molecule has 0 aliphatic carbocycles. The lowest BCUT2D eigenvalue weighted by Crippen LogP contribution is -2.18. The number of pyridine rings is 1. The topological polar surface area (TPSA) is 69.0 Å². The fourth-order valence-corrected chi connectivity index (χ4v) is 2.69. The number of nitrogens with one attached hydrogen (secondary N) is 1. The third-order valence-corrected chi connectivity index (χ3v) is 4.04. The highest BCUT2D eigenvalue weighted by molar-refractivity contribution is 6.05. The predicted molar refractivity (Wildman–Crippen MR) is 103 cm³/mol. The molecule has 0 fully saturated rings. The summed E-state index contributed by atoms with van der Waals surface area (Å²) in [7, 11) is 0. The van der Waals surface area contributed by atoms with E-state index in [1.807, 2.05) is 33.9 Å². The smallest absolute Gasteiger partial charge is 0.433 e. The molecular formula is C20H21F3N4O2. The molecule has 0 spiro atoms. The van der Waals surface area contributed by atoms with Crippen LogP contribution in [0.15, 0.2) is 36.5 Å². The molecule has 0 aliphatic heterocycles. The van der Waals surface area contributed by atoms with E-state index in [4.69, 9.17) is 4.74 Å². The third-order valence-electron chi connectivity index (χ3n) is 4.04. The van der Waals surface area contributed by atoms with Crippen molar-refractivity contribution < 1.29 is 22.7 Å². The van der Waals surface area contributed by atoms with Crippen molar-refractivity contribution >= 4 is 22.5 Å². The minimum Gasteiger partial charge on any atom is -0.489 e. The van der Waals surface area contributed by atoms with Gasteiger partial charge in [-0.25, -0.2) is 4.98 Å². The number of fused-ring (bicyclic) bond motifs is 1. The molecular weight excluding hydrogens is 385 g/mol. The van der Waals surface area contributed by atoms with Crippen molar-refractivity contribution in [1.82, 2.24) is 14.8 Å². The summed E-state index contributed by atoms with van der Waals surface area (Å²) >= 11 is 0. The highest BCUT2D eigenvalue weighted by Crippen LogP contribution is 2.32. The largest absolute Gasteiger partial charge is 0.489 e. The Morgan fingerprint density at radius 2 is 1.90 bits per heavy atom. The molecule has 1 aromatic carbocycles. The monoisotopic (exact) mass is 406 g/mol. The van der Waals surface area contributed by atoms with E-state index in [2.05, 4.69) is 15.4 Å². The maximum absolute atomic E-state index is 12.9.